The molecule has 28 heavy (non-hydrogen) atoms. The Morgan fingerprint density at radius 1 is 1.32 bits per heavy atom. The average molecular weight is 404 g/mol. The lowest BCUT2D eigenvalue weighted by Gasteiger charge is -2.48. The molecule has 0 saturated carbocycles. The van der Waals surface area contributed by atoms with E-state index in [0.29, 0.717) is 11.4 Å². The first-order valence-corrected chi connectivity index (χ1v) is 12.5. The van der Waals surface area contributed by atoms with Gasteiger partial charge in [0.15, 0.2) is 8.32 Å². The van der Waals surface area contributed by atoms with Crippen LogP contribution in [0.15, 0.2) is 23.2 Å². The van der Waals surface area contributed by atoms with Gasteiger partial charge in [-0.1, -0.05) is 20.8 Å². The van der Waals surface area contributed by atoms with Gasteiger partial charge in [0.05, 0.1) is 18.7 Å². The Bertz CT molecular complexity index is 791. The zero-order chi connectivity index (χ0) is 21.3. The summed E-state index contributed by atoms with van der Waals surface area (Å²) < 4.78 is 13.2. The van der Waals surface area contributed by atoms with E-state index in [1.807, 2.05) is 32.9 Å². The molecule has 2 atom stereocenters. The van der Waals surface area contributed by atoms with E-state index in [4.69, 9.17) is 19.0 Å². The standard InChI is InChI=1S/C21H33N3O3Si/c1-14(24-25-7)23-18-16-12-15(13-22)10-11-17(16)26-21(5,6)19(18)27-28(8,9)20(2,3)4/h10-12,18-19H,1-9H3,(H,23,24)/t18-,19+/m0/s1. The number of nitrogens with one attached hydrogen (secondary N) is 1. The van der Waals surface area contributed by atoms with Crippen molar-refractivity contribution in [3.8, 4) is 11.8 Å². The molecular weight excluding hydrogens is 370 g/mol. The van der Waals surface area contributed by atoms with Crippen molar-refractivity contribution in [2.75, 3.05) is 7.11 Å². The minimum Gasteiger partial charge on any atom is -0.485 e. The minimum atomic E-state index is -2.10. The molecule has 0 amide bonds. The van der Waals surface area contributed by atoms with E-state index in [1.165, 1.54) is 0 Å². The molecule has 6 nitrogen and oxygen atoms in total. The second-order valence-electron chi connectivity index (χ2n) is 9.33. The summed E-state index contributed by atoms with van der Waals surface area (Å²) in [4.78, 5) is 9.90. The Morgan fingerprint density at radius 3 is 2.50 bits per heavy atom. The van der Waals surface area contributed by atoms with Crippen LogP contribution in [0, 0.1) is 11.3 Å². The van der Waals surface area contributed by atoms with E-state index in [2.05, 4.69) is 45.4 Å². The van der Waals surface area contributed by atoms with Crippen LogP contribution in [0.25, 0.3) is 0 Å². The molecule has 0 unspecified atom stereocenters. The molecule has 0 aromatic heterocycles. The van der Waals surface area contributed by atoms with Crippen molar-refractivity contribution in [2.24, 2.45) is 4.99 Å². The van der Waals surface area contributed by atoms with Crippen molar-refractivity contribution in [3.63, 3.8) is 0 Å². The molecule has 1 heterocycles. The Balaban J connectivity index is 2.62. The first-order valence-electron chi connectivity index (χ1n) is 9.56. The maximum absolute atomic E-state index is 9.37. The number of ether oxygens (including phenoxy) is 1. The van der Waals surface area contributed by atoms with Crippen LogP contribution in [0.3, 0.4) is 0 Å². The van der Waals surface area contributed by atoms with Crippen LogP contribution in [0.2, 0.25) is 18.1 Å². The molecule has 1 aromatic rings. The van der Waals surface area contributed by atoms with Gasteiger partial charge in [-0.2, -0.15) is 5.26 Å². The molecule has 0 aliphatic carbocycles. The predicted molar refractivity (Wildman–Crippen MR) is 114 cm³/mol. The SMILES string of the molecule is CONC(C)=N[C@H]1c2cc(C#N)ccc2OC(C)(C)[C@@H]1O[Si](C)(C)C(C)(C)C. The Hall–Kier alpha value is -1.88. The lowest BCUT2D eigenvalue weighted by molar-refractivity contribution is -0.0491. The van der Waals surface area contributed by atoms with Gasteiger partial charge < -0.3 is 9.16 Å². The van der Waals surface area contributed by atoms with Crippen LogP contribution < -0.4 is 10.2 Å². The first kappa shape index (κ1) is 22.4. The molecule has 0 saturated heterocycles. The number of hydroxylamine groups is 1. The molecule has 0 bridgehead atoms. The topological polar surface area (TPSA) is 75.9 Å². The number of fused-ring (bicyclic) bond motifs is 1. The number of benzene rings is 1. The van der Waals surface area contributed by atoms with Crippen molar-refractivity contribution in [2.45, 2.75) is 77.4 Å². The molecule has 1 aliphatic heterocycles. The van der Waals surface area contributed by atoms with Crippen LogP contribution in [0.5, 0.6) is 5.75 Å². The molecule has 0 spiro atoms. The molecule has 7 heteroatoms. The van der Waals surface area contributed by atoms with E-state index < -0.39 is 13.9 Å². The third-order valence-corrected chi connectivity index (χ3v) is 10.1. The zero-order valence-electron chi connectivity index (χ0n) is 18.5. The molecular formula is C21H33N3O3Si. The monoisotopic (exact) mass is 403 g/mol. The normalized spacial score (nSPS) is 22.1. The highest BCUT2D eigenvalue weighted by Crippen LogP contribution is 2.47. The second kappa shape index (κ2) is 7.86. The highest BCUT2D eigenvalue weighted by atomic mass is 28.4. The first-order chi connectivity index (χ1) is 12.8. The summed E-state index contributed by atoms with van der Waals surface area (Å²) in [6.45, 7) is 17.0. The number of hydrogen-bond donors (Lipinski definition) is 1. The Labute approximate surface area is 170 Å². The molecule has 1 aromatic carbocycles. The van der Waals surface area contributed by atoms with Crippen molar-refractivity contribution >= 4 is 14.2 Å². The quantitative estimate of drug-likeness (QED) is 0.340. The van der Waals surface area contributed by atoms with Gasteiger partial charge in [0.1, 0.15) is 29.3 Å². The zero-order valence-corrected chi connectivity index (χ0v) is 19.5. The molecule has 1 aliphatic rings. The smallest absolute Gasteiger partial charge is 0.192 e. The van der Waals surface area contributed by atoms with Gasteiger partial charge in [-0.3, -0.25) is 15.3 Å². The summed E-state index contributed by atoms with van der Waals surface area (Å²) in [5.41, 5.74) is 3.64. The van der Waals surface area contributed by atoms with Crippen LogP contribution in [0.1, 0.15) is 58.7 Å². The highest BCUT2D eigenvalue weighted by Gasteiger charge is 2.50. The van der Waals surface area contributed by atoms with Crippen molar-refractivity contribution in [1.29, 1.82) is 5.26 Å². The van der Waals surface area contributed by atoms with Crippen LogP contribution in [-0.4, -0.2) is 33.0 Å². The lowest BCUT2D eigenvalue weighted by atomic mass is 9.86. The van der Waals surface area contributed by atoms with E-state index in [1.54, 1.807) is 13.2 Å². The summed E-state index contributed by atoms with van der Waals surface area (Å²) in [5.74, 6) is 1.38. The summed E-state index contributed by atoms with van der Waals surface area (Å²) in [5, 5.41) is 9.42. The highest BCUT2D eigenvalue weighted by molar-refractivity contribution is 6.74. The van der Waals surface area contributed by atoms with E-state index in [-0.39, 0.29) is 17.2 Å². The summed E-state index contributed by atoms with van der Waals surface area (Å²) >= 11 is 0. The maximum atomic E-state index is 9.37. The largest absolute Gasteiger partial charge is 0.485 e. The fourth-order valence-electron chi connectivity index (χ4n) is 3.05. The van der Waals surface area contributed by atoms with Gasteiger partial charge in [0.2, 0.25) is 0 Å². The fraction of sp³-hybridized carbons (Fsp3) is 0.619. The summed E-state index contributed by atoms with van der Waals surface area (Å²) in [6.07, 6.45) is -0.302. The van der Waals surface area contributed by atoms with Gasteiger partial charge >= 0.3 is 0 Å². The number of nitriles is 1. The van der Waals surface area contributed by atoms with Crippen molar-refractivity contribution < 1.29 is 14.0 Å². The van der Waals surface area contributed by atoms with Gasteiger partial charge in [-0.15, -0.1) is 0 Å². The average Bonchev–Trinajstić information content (AvgIpc) is 2.56. The van der Waals surface area contributed by atoms with Gasteiger partial charge in [-0.25, -0.2) is 0 Å². The molecule has 2 rings (SSSR count). The summed E-state index contributed by atoms with van der Waals surface area (Å²) in [7, 11) is -0.548. The number of aliphatic imine (C=N–C) groups is 1. The fourth-order valence-corrected chi connectivity index (χ4v) is 4.45. The predicted octanol–water partition coefficient (Wildman–Crippen LogP) is 4.73. The third kappa shape index (κ3) is 4.57. The van der Waals surface area contributed by atoms with E-state index in [9.17, 15) is 5.26 Å². The van der Waals surface area contributed by atoms with Crippen molar-refractivity contribution in [3.05, 3.63) is 29.3 Å². The summed E-state index contributed by atoms with van der Waals surface area (Å²) in [6, 6.07) is 7.36. The van der Waals surface area contributed by atoms with Crippen LogP contribution in [0.4, 0.5) is 0 Å². The Kier molecular flexibility index (Phi) is 6.29. The lowest BCUT2D eigenvalue weighted by Crippen LogP contribution is -2.56. The van der Waals surface area contributed by atoms with Crippen LogP contribution in [-0.2, 0) is 9.26 Å². The van der Waals surface area contributed by atoms with E-state index >= 15 is 0 Å². The number of amidine groups is 1. The Morgan fingerprint density at radius 2 is 1.96 bits per heavy atom. The van der Waals surface area contributed by atoms with Crippen LogP contribution >= 0.6 is 0 Å². The number of nitrogens with zero attached hydrogens (tertiary/aromatic N) is 2. The molecule has 154 valence electrons. The third-order valence-electron chi connectivity index (χ3n) is 5.61. The van der Waals surface area contributed by atoms with E-state index in [0.717, 1.165) is 11.3 Å². The second-order valence-corrected chi connectivity index (χ2v) is 14.1. The van der Waals surface area contributed by atoms with Gasteiger partial charge in [0, 0.05) is 5.56 Å². The molecule has 1 N–H and O–H groups in total. The minimum absolute atomic E-state index is 0.0476. The molecule has 0 fully saturated rings. The van der Waals surface area contributed by atoms with Crippen molar-refractivity contribution in [1.82, 2.24) is 5.48 Å². The maximum Gasteiger partial charge on any atom is 0.192 e. The van der Waals surface area contributed by atoms with Gasteiger partial charge in [0.25, 0.3) is 0 Å². The molecule has 0 radical (unpaired) electrons. The number of hydrogen-bond acceptors (Lipinski definition) is 5. The number of rotatable bonds is 4. The van der Waals surface area contributed by atoms with Gasteiger partial charge in [-0.05, 0) is 57.1 Å².